The van der Waals surface area contributed by atoms with E-state index in [0.29, 0.717) is 6.42 Å². The SMILES string of the molecule is CCC(C(=O)OC)c1n[nH]c(=S)o1. The third-order valence-corrected chi connectivity index (χ3v) is 1.82. The molecule has 0 spiro atoms. The summed E-state index contributed by atoms with van der Waals surface area (Å²) in [6, 6.07) is 0. The summed E-state index contributed by atoms with van der Waals surface area (Å²) in [6.45, 7) is 1.84. The highest BCUT2D eigenvalue weighted by Crippen LogP contribution is 2.18. The molecule has 0 aliphatic heterocycles. The first-order valence-electron chi connectivity index (χ1n) is 3.82. The van der Waals surface area contributed by atoms with Gasteiger partial charge in [0, 0.05) is 0 Å². The summed E-state index contributed by atoms with van der Waals surface area (Å²) in [5.41, 5.74) is 0. The van der Waals surface area contributed by atoms with Gasteiger partial charge in [0.1, 0.15) is 5.92 Å². The fourth-order valence-electron chi connectivity index (χ4n) is 0.975. The van der Waals surface area contributed by atoms with E-state index in [0.717, 1.165) is 0 Å². The number of aromatic nitrogens is 2. The summed E-state index contributed by atoms with van der Waals surface area (Å²) in [5, 5.41) is 6.21. The monoisotopic (exact) mass is 202 g/mol. The van der Waals surface area contributed by atoms with E-state index in [1.165, 1.54) is 7.11 Å². The first kappa shape index (κ1) is 9.91. The third-order valence-electron chi connectivity index (χ3n) is 1.65. The van der Waals surface area contributed by atoms with Gasteiger partial charge >= 0.3 is 5.97 Å². The van der Waals surface area contributed by atoms with Gasteiger partial charge < -0.3 is 9.15 Å². The maximum absolute atomic E-state index is 11.2. The lowest BCUT2D eigenvalue weighted by Crippen LogP contribution is -2.13. The van der Waals surface area contributed by atoms with Gasteiger partial charge in [0.2, 0.25) is 5.89 Å². The molecule has 0 radical (unpaired) electrons. The second-order valence-corrected chi connectivity index (χ2v) is 2.81. The number of hydrogen-bond acceptors (Lipinski definition) is 5. The number of rotatable bonds is 3. The number of carbonyl (C=O) groups is 1. The quantitative estimate of drug-likeness (QED) is 0.592. The van der Waals surface area contributed by atoms with Crippen LogP contribution in [0.1, 0.15) is 25.2 Å². The molecule has 1 heterocycles. The average Bonchev–Trinajstić information content (AvgIpc) is 2.53. The Morgan fingerprint density at radius 2 is 2.54 bits per heavy atom. The Morgan fingerprint density at radius 3 is 2.92 bits per heavy atom. The van der Waals surface area contributed by atoms with Crippen molar-refractivity contribution in [3.8, 4) is 0 Å². The van der Waals surface area contributed by atoms with Crippen molar-refractivity contribution in [2.45, 2.75) is 19.3 Å². The van der Waals surface area contributed by atoms with Crippen LogP contribution >= 0.6 is 12.2 Å². The molecule has 13 heavy (non-hydrogen) atoms. The van der Waals surface area contributed by atoms with E-state index in [-0.39, 0.29) is 16.7 Å². The predicted octanol–water partition coefficient (Wildman–Crippen LogP) is 1.40. The number of methoxy groups -OCH3 is 1. The first-order chi connectivity index (χ1) is 6.19. The number of nitrogens with zero attached hydrogens (tertiary/aromatic N) is 1. The zero-order valence-electron chi connectivity index (χ0n) is 7.36. The van der Waals surface area contributed by atoms with Crippen LogP contribution in [-0.2, 0) is 9.53 Å². The van der Waals surface area contributed by atoms with E-state index >= 15 is 0 Å². The lowest BCUT2D eigenvalue weighted by atomic mass is 10.1. The molecule has 0 saturated heterocycles. The van der Waals surface area contributed by atoms with Crippen LogP contribution < -0.4 is 0 Å². The Bertz CT molecular complexity index is 344. The van der Waals surface area contributed by atoms with Crippen molar-refractivity contribution in [1.29, 1.82) is 0 Å². The van der Waals surface area contributed by atoms with Crippen LogP contribution in [-0.4, -0.2) is 23.3 Å². The van der Waals surface area contributed by atoms with Crippen LogP contribution in [0.2, 0.25) is 0 Å². The van der Waals surface area contributed by atoms with Crippen molar-refractivity contribution < 1.29 is 13.9 Å². The summed E-state index contributed by atoms with van der Waals surface area (Å²) in [7, 11) is 1.33. The van der Waals surface area contributed by atoms with Crippen LogP contribution in [0.3, 0.4) is 0 Å². The van der Waals surface area contributed by atoms with Gasteiger partial charge in [-0.15, -0.1) is 5.10 Å². The van der Waals surface area contributed by atoms with E-state index in [2.05, 4.69) is 27.2 Å². The number of ether oxygens (including phenoxy) is 1. The molecule has 1 rings (SSSR count). The minimum atomic E-state index is -0.474. The molecule has 1 aromatic heterocycles. The highest BCUT2D eigenvalue weighted by Gasteiger charge is 2.24. The predicted molar refractivity (Wildman–Crippen MR) is 46.7 cm³/mol. The summed E-state index contributed by atoms with van der Waals surface area (Å²) in [6.07, 6.45) is 0.565. The molecular formula is C7H10N2O3S. The number of aromatic amines is 1. The van der Waals surface area contributed by atoms with E-state index in [1.54, 1.807) is 0 Å². The Morgan fingerprint density at radius 1 is 1.85 bits per heavy atom. The highest BCUT2D eigenvalue weighted by atomic mass is 32.1. The van der Waals surface area contributed by atoms with Crippen LogP contribution in [0.15, 0.2) is 4.42 Å². The third kappa shape index (κ3) is 2.15. The molecule has 72 valence electrons. The van der Waals surface area contributed by atoms with Crippen molar-refractivity contribution in [2.24, 2.45) is 0 Å². The lowest BCUT2D eigenvalue weighted by Gasteiger charge is -2.06. The van der Waals surface area contributed by atoms with E-state index in [1.807, 2.05) is 6.92 Å². The van der Waals surface area contributed by atoms with Gasteiger partial charge in [-0.3, -0.25) is 4.79 Å². The lowest BCUT2D eigenvalue weighted by molar-refractivity contribution is -0.143. The van der Waals surface area contributed by atoms with Crippen molar-refractivity contribution in [3.05, 3.63) is 10.7 Å². The fourth-order valence-corrected chi connectivity index (χ4v) is 1.11. The van der Waals surface area contributed by atoms with Crippen molar-refractivity contribution in [2.75, 3.05) is 7.11 Å². The van der Waals surface area contributed by atoms with Gasteiger partial charge in [-0.05, 0) is 18.6 Å². The molecule has 0 bridgehead atoms. The smallest absolute Gasteiger partial charge is 0.318 e. The molecular weight excluding hydrogens is 192 g/mol. The normalized spacial score (nSPS) is 12.5. The molecule has 6 heteroatoms. The van der Waals surface area contributed by atoms with E-state index in [9.17, 15) is 4.79 Å². The number of nitrogens with one attached hydrogen (secondary N) is 1. The van der Waals surface area contributed by atoms with Gasteiger partial charge in [-0.1, -0.05) is 6.92 Å². The molecule has 0 amide bonds. The molecule has 0 aromatic carbocycles. The van der Waals surface area contributed by atoms with Gasteiger partial charge in [0.05, 0.1) is 7.11 Å². The summed E-state index contributed by atoms with van der Waals surface area (Å²) < 4.78 is 9.59. The standard InChI is InChI=1S/C7H10N2O3S/c1-3-4(6(10)11-2)5-8-9-7(13)12-5/h4H,3H2,1-2H3,(H,9,13). The topological polar surface area (TPSA) is 68.1 Å². The largest absolute Gasteiger partial charge is 0.468 e. The molecule has 1 N–H and O–H groups in total. The van der Waals surface area contributed by atoms with Crippen LogP contribution in [0.5, 0.6) is 0 Å². The van der Waals surface area contributed by atoms with E-state index < -0.39 is 5.92 Å². The summed E-state index contributed by atoms with van der Waals surface area (Å²) in [4.78, 5) is 11.3. The molecule has 0 fully saturated rings. The van der Waals surface area contributed by atoms with Crippen molar-refractivity contribution in [3.63, 3.8) is 0 Å². The van der Waals surface area contributed by atoms with Crippen LogP contribution in [0.4, 0.5) is 0 Å². The number of hydrogen-bond donors (Lipinski definition) is 1. The Labute approximate surface area is 80.1 Å². The molecule has 0 aliphatic carbocycles. The minimum Gasteiger partial charge on any atom is -0.468 e. The van der Waals surface area contributed by atoms with E-state index in [4.69, 9.17) is 4.42 Å². The zero-order chi connectivity index (χ0) is 9.84. The number of esters is 1. The average molecular weight is 202 g/mol. The number of H-pyrrole nitrogens is 1. The van der Waals surface area contributed by atoms with Gasteiger partial charge in [-0.2, -0.15) is 0 Å². The Hall–Kier alpha value is -1.17. The Balaban J connectivity index is 2.90. The first-order valence-corrected chi connectivity index (χ1v) is 4.23. The minimum absolute atomic E-state index is 0.164. The zero-order valence-corrected chi connectivity index (χ0v) is 8.18. The Kier molecular flexibility index (Phi) is 3.18. The van der Waals surface area contributed by atoms with Crippen LogP contribution in [0, 0.1) is 4.84 Å². The van der Waals surface area contributed by atoms with Gasteiger partial charge in [0.15, 0.2) is 0 Å². The molecule has 1 aromatic rings. The number of carbonyl (C=O) groups excluding carboxylic acids is 1. The van der Waals surface area contributed by atoms with Gasteiger partial charge in [0.25, 0.3) is 4.84 Å². The second kappa shape index (κ2) is 4.18. The molecule has 1 atom stereocenters. The summed E-state index contributed by atoms with van der Waals surface area (Å²) >= 11 is 4.69. The highest BCUT2D eigenvalue weighted by molar-refractivity contribution is 7.71. The van der Waals surface area contributed by atoms with Gasteiger partial charge in [-0.25, -0.2) is 5.10 Å². The van der Waals surface area contributed by atoms with Crippen LogP contribution in [0.25, 0.3) is 0 Å². The second-order valence-electron chi connectivity index (χ2n) is 2.44. The molecule has 0 saturated carbocycles. The molecule has 0 aliphatic rings. The maximum Gasteiger partial charge on any atom is 0.318 e. The molecule has 1 unspecified atom stereocenters. The van der Waals surface area contributed by atoms with Crippen molar-refractivity contribution in [1.82, 2.24) is 10.2 Å². The van der Waals surface area contributed by atoms with Crippen molar-refractivity contribution >= 4 is 18.2 Å². The summed E-state index contributed by atoms with van der Waals surface area (Å²) in [5.74, 6) is -0.565. The molecule has 5 nitrogen and oxygen atoms in total. The maximum atomic E-state index is 11.2. The fraction of sp³-hybridized carbons (Fsp3) is 0.571.